The minimum atomic E-state index is 0.684. The molecule has 1 saturated heterocycles. The second-order valence-electron chi connectivity index (χ2n) is 5.32. The highest BCUT2D eigenvalue weighted by Crippen LogP contribution is 2.18. The minimum absolute atomic E-state index is 0.684. The van der Waals surface area contributed by atoms with Crippen LogP contribution in [0.5, 0.6) is 0 Å². The average molecular weight is 262 g/mol. The Hall–Kier alpha value is -1.13. The molecule has 106 valence electrons. The lowest BCUT2D eigenvalue weighted by Gasteiger charge is -2.34. The van der Waals surface area contributed by atoms with E-state index >= 15 is 0 Å². The predicted molar refractivity (Wildman–Crippen MR) is 80.6 cm³/mol. The van der Waals surface area contributed by atoms with E-state index in [9.17, 15) is 0 Å². The monoisotopic (exact) mass is 262 g/mol. The van der Waals surface area contributed by atoms with E-state index in [0.29, 0.717) is 6.04 Å². The van der Waals surface area contributed by atoms with Gasteiger partial charge in [0.1, 0.15) is 0 Å². The summed E-state index contributed by atoms with van der Waals surface area (Å²) in [6, 6.07) is 4.89. The fourth-order valence-corrected chi connectivity index (χ4v) is 2.51. The van der Waals surface area contributed by atoms with Crippen LogP contribution in [0.1, 0.15) is 19.8 Å². The van der Waals surface area contributed by atoms with Crippen molar-refractivity contribution in [2.24, 2.45) is 0 Å². The summed E-state index contributed by atoms with van der Waals surface area (Å²) in [5.74, 6) is 0. The Morgan fingerprint density at radius 2 is 2.00 bits per heavy atom. The van der Waals surface area contributed by atoms with E-state index in [0.717, 1.165) is 32.7 Å². The number of piperidine rings is 1. The Balaban J connectivity index is 1.68. The van der Waals surface area contributed by atoms with Crippen molar-refractivity contribution in [2.45, 2.75) is 25.8 Å². The van der Waals surface area contributed by atoms with Crippen LogP contribution in [0, 0.1) is 0 Å². The molecule has 1 aliphatic rings. The van der Waals surface area contributed by atoms with Gasteiger partial charge in [0.05, 0.1) is 0 Å². The fraction of sp³-hybridized carbons (Fsp3) is 0.667. The number of hydrogen-bond acceptors (Lipinski definition) is 4. The number of aromatic nitrogens is 1. The molecule has 0 aliphatic carbocycles. The molecule has 1 fully saturated rings. The molecule has 1 aromatic heterocycles. The van der Waals surface area contributed by atoms with Crippen LogP contribution in [0.25, 0.3) is 0 Å². The van der Waals surface area contributed by atoms with E-state index < -0.39 is 0 Å². The largest absolute Gasteiger partial charge is 0.371 e. The topological polar surface area (TPSA) is 31.4 Å². The summed E-state index contributed by atoms with van der Waals surface area (Å²) in [7, 11) is 2.17. The van der Waals surface area contributed by atoms with Gasteiger partial charge in [0.15, 0.2) is 0 Å². The summed E-state index contributed by atoms with van der Waals surface area (Å²) in [4.78, 5) is 8.88. The first-order valence-corrected chi connectivity index (χ1v) is 7.36. The van der Waals surface area contributed by atoms with E-state index in [2.05, 4.69) is 46.2 Å². The summed E-state index contributed by atoms with van der Waals surface area (Å²) in [5.41, 5.74) is 1.30. The third-order valence-electron chi connectivity index (χ3n) is 3.99. The summed E-state index contributed by atoms with van der Waals surface area (Å²) in [5, 5.41) is 3.68. The Morgan fingerprint density at radius 1 is 1.32 bits per heavy atom. The quantitative estimate of drug-likeness (QED) is 0.843. The van der Waals surface area contributed by atoms with Gasteiger partial charge in [-0.15, -0.1) is 0 Å². The zero-order valence-electron chi connectivity index (χ0n) is 12.2. The predicted octanol–water partition coefficient (Wildman–Crippen LogP) is 1.59. The first-order chi connectivity index (χ1) is 9.29. The third kappa shape index (κ3) is 4.48. The maximum Gasteiger partial charge on any atom is 0.0397 e. The second kappa shape index (κ2) is 7.46. The molecule has 0 spiro atoms. The molecule has 0 unspecified atom stereocenters. The number of nitrogens with zero attached hydrogens (tertiary/aromatic N) is 3. The Kier molecular flexibility index (Phi) is 5.61. The lowest BCUT2D eigenvalue weighted by Crippen LogP contribution is -2.44. The van der Waals surface area contributed by atoms with Crippen LogP contribution in [0.2, 0.25) is 0 Å². The molecule has 1 aromatic rings. The highest BCUT2D eigenvalue weighted by Gasteiger charge is 2.18. The van der Waals surface area contributed by atoms with Gasteiger partial charge in [-0.3, -0.25) is 4.98 Å². The number of nitrogens with one attached hydrogen (secondary N) is 1. The molecular formula is C15H26N4. The van der Waals surface area contributed by atoms with Crippen molar-refractivity contribution in [2.75, 3.05) is 44.7 Å². The average Bonchev–Trinajstić information content (AvgIpc) is 2.48. The van der Waals surface area contributed by atoms with E-state index in [1.165, 1.54) is 18.5 Å². The summed E-state index contributed by atoms with van der Waals surface area (Å²) in [6.07, 6.45) is 6.22. The van der Waals surface area contributed by atoms with Crippen LogP contribution >= 0.6 is 0 Å². The number of pyridine rings is 1. The molecule has 4 nitrogen and oxygen atoms in total. The van der Waals surface area contributed by atoms with E-state index in [4.69, 9.17) is 0 Å². The molecule has 0 amide bonds. The van der Waals surface area contributed by atoms with Gasteiger partial charge in [0, 0.05) is 50.3 Å². The van der Waals surface area contributed by atoms with Gasteiger partial charge in [-0.1, -0.05) is 6.92 Å². The Labute approximate surface area is 116 Å². The first kappa shape index (κ1) is 14.3. The molecule has 4 heteroatoms. The Morgan fingerprint density at radius 3 is 2.63 bits per heavy atom. The molecule has 2 heterocycles. The van der Waals surface area contributed by atoms with E-state index in [-0.39, 0.29) is 0 Å². The fourth-order valence-electron chi connectivity index (χ4n) is 2.51. The van der Waals surface area contributed by atoms with Gasteiger partial charge in [0.2, 0.25) is 0 Å². The highest BCUT2D eigenvalue weighted by molar-refractivity contribution is 5.44. The molecule has 2 rings (SSSR count). The zero-order chi connectivity index (χ0) is 13.5. The van der Waals surface area contributed by atoms with E-state index in [1.807, 2.05) is 12.4 Å². The number of hydrogen-bond donors (Lipinski definition) is 1. The van der Waals surface area contributed by atoms with Crippen molar-refractivity contribution in [1.29, 1.82) is 0 Å². The summed E-state index contributed by atoms with van der Waals surface area (Å²) < 4.78 is 0. The van der Waals surface area contributed by atoms with Crippen LogP contribution in [-0.4, -0.2) is 55.7 Å². The van der Waals surface area contributed by atoms with Crippen molar-refractivity contribution >= 4 is 5.69 Å². The Bertz CT molecular complexity index is 346. The van der Waals surface area contributed by atoms with Crippen molar-refractivity contribution in [3.05, 3.63) is 24.5 Å². The van der Waals surface area contributed by atoms with Gasteiger partial charge >= 0.3 is 0 Å². The third-order valence-corrected chi connectivity index (χ3v) is 3.99. The SMILES string of the molecule is CCN(C)CCNC1CCN(c2ccncc2)CC1. The van der Waals surface area contributed by atoms with Gasteiger partial charge in [-0.2, -0.15) is 0 Å². The molecular weight excluding hydrogens is 236 g/mol. The molecule has 0 atom stereocenters. The van der Waals surface area contributed by atoms with Crippen molar-refractivity contribution < 1.29 is 0 Å². The molecule has 1 aliphatic heterocycles. The second-order valence-corrected chi connectivity index (χ2v) is 5.32. The van der Waals surface area contributed by atoms with Crippen LogP contribution in [0.4, 0.5) is 5.69 Å². The van der Waals surface area contributed by atoms with Crippen molar-refractivity contribution in [3.8, 4) is 0 Å². The molecule has 0 radical (unpaired) electrons. The zero-order valence-corrected chi connectivity index (χ0v) is 12.2. The number of anilines is 1. The number of likely N-dealkylation sites (N-methyl/N-ethyl adjacent to an activating group) is 1. The van der Waals surface area contributed by atoms with E-state index in [1.54, 1.807) is 0 Å². The summed E-state index contributed by atoms with van der Waals surface area (Å²) >= 11 is 0. The van der Waals surface area contributed by atoms with Crippen molar-refractivity contribution in [1.82, 2.24) is 15.2 Å². The smallest absolute Gasteiger partial charge is 0.0397 e. The highest BCUT2D eigenvalue weighted by atomic mass is 15.2. The molecule has 0 aromatic carbocycles. The van der Waals surface area contributed by atoms with Crippen LogP contribution in [-0.2, 0) is 0 Å². The summed E-state index contributed by atoms with van der Waals surface area (Å²) in [6.45, 7) is 7.86. The van der Waals surface area contributed by atoms with Gasteiger partial charge < -0.3 is 15.1 Å². The van der Waals surface area contributed by atoms with Crippen molar-refractivity contribution in [3.63, 3.8) is 0 Å². The first-order valence-electron chi connectivity index (χ1n) is 7.36. The van der Waals surface area contributed by atoms with Crippen LogP contribution < -0.4 is 10.2 Å². The number of rotatable bonds is 6. The van der Waals surface area contributed by atoms with Crippen LogP contribution in [0.3, 0.4) is 0 Å². The lowest BCUT2D eigenvalue weighted by atomic mass is 10.0. The van der Waals surface area contributed by atoms with Crippen LogP contribution in [0.15, 0.2) is 24.5 Å². The molecule has 19 heavy (non-hydrogen) atoms. The van der Waals surface area contributed by atoms with Gasteiger partial charge in [-0.05, 0) is 38.6 Å². The van der Waals surface area contributed by atoms with Gasteiger partial charge in [-0.25, -0.2) is 0 Å². The normalized spacial score (nSPS) is 17.1. The molecule has 0 saturated carbocycles. The molecule has 1 N–H and O–H groups in total. The lowest BCUT2D eigenvalue weighted by molar-refractivity contribution is 0.327. The van der Waals surface area contributed by atoms with Gasteiger partial charge in [0.25, 0.3) is 0 Å². The maximum atomic E-state index is 4.08. The molecule has 0 bridgehead atoms. The standard InChI is InChI=1S/C15H26N4/c1-3-18(2)13-10-17-14-6-11-19(12-7-14)15-4-8-16-9-5-15/h4-5,8-9,14,17H,3,6-7,10-13H2,1-2H3. The minimum Gasteiger partial charge on any atom is -0.371 e. The maximum absolute atomic E-state index is 4.08.